The van der Waals surface area contributed by atoms with Crippen molar-refractivity contribution in [2.24, 2.45) is 0 Å². The predicted molar refractivity (Wildman–Crippen MR) is 119 cm³/mol. The molecule has 1 N–H and O–H groups in total. The van der Waals surface area contributed by atoms with Gasteiger partial charge in [0, 0.05) is 21.3 Å². The van der Waals surface area contributed by atoms with Crippen LogP contribution in [-0.4, -0.2) is 16.8 Å². The third kappa shape index (κ3) is 3.38. The molecule has 0 bridgehead atoms. The monoisotopic (exact) mass is 437 g/mol. The maximum atomic E-state index is 13.1. The molecule has 1 fully saturated rings. The van der Waals surface area contributed by atoms with Gasteiger partial charge in [0.25, 0.3) is 11.7 Å². The van der Waals surface area contributed by atoms with Crippen molar-refractivity contribution in [1.82, 2.24) is 0 Å². The quantitative estimate of drug-likeness (QED) is 0.313. The van der Waals surface area contributed by atoms with Gasteiger partial charge in [-0.2, -0.15) is 0 Å². The number of nitrogens with zero attached hydrogens (tertiary/aromatic N) is 1. The lowest BCUT2D eigenvalue weighted by Crippen LogP contribution is -2.29. The Morgan fingerprint density at radius 3 is 2.23 bits per heavy atom. The highest BCUT2D eigenvalue weighted by atomic mass is 35.5. The number of aryl methyl sites for hydroxylation is 1. The summed E-state index contributed by atoms with van der Waals surface area (Å²) < 4.78 is 0. The zero-order valence-electron chi connectivity index (χ0n) is 16.0. The minimum Gasteiger partial charge on any atom is -0.507 e. The number of amides is 1. The first-order chi connectivity index (χ1) is 14.4. The fraction of sp³-hybridized carbons (Fsp3) is 0.0833. The van der Waals surface area contributed by atoms with E-state index in [-0.39, 0.29) is 11.3 Å². The molecular formula is C24H17Cl2NO3. The Morgan fingerprint density at radius 2 is 1.57 bits per heavy atom. The van der Waals surface area contributed by atoms with Gasteiger partial charge in [-0.25, -0.2) is 0 Å². The molecule has 1 aliphatic heterocycles. The summed E-state index contributed by atoms with van der Waals surface area (Å²) in [5, 5.41) is 11.9. The largest absolute Gasteiger partial charge is 0.507 e. The van der Waals surface area contributed by atoms with Crippen molar-refractivity contribution in [2.45, 2.75) is 13.0 Å². The molecule has 1 heterocycles. The van der Waals surface area contributed by atoms with Crippen molar-refractivity contribution in [1.29, 1.82) is 0 Å². The fourth-order valence-electron chi connectivity index (χ4n) is 3.57. The molecule has 4 rings (SSSR count). The number of Topliss-reactive ketones (excluding diaryl/α,β-unsaturated/α-hetero) is 1. The van der Waals surface area contributed by atoms with Gasteiger partial charge < -0.3 is 5.11 Å². The van der Waals surface area contributed by atoms with Gasteiger partial charge in [0.05, 0.1) is 11.6 Å². The number of rotatable bonds is 3. The van der Waals surface area contributed by atoms with Gasteiger partial charge in [-0.05, 0) is 36.2 Å². The summed E-state index contributed by atoms with van der Waals surface area (Å²) in [5.74, 6) is -1.78. The molecule has 4 nitrogen and oxygen atoms in total. The summed E-state index contributed by atoms with van der Waals surface area (Å²) in [6.07, 6.45) is 0. The van der Waals surface area contributed by atoms with Crippen LogP contribution in [-0.2, 0) is 9.59 Å². The summed E-state index contributed by atoms with van der Waals surface area (Å²) in [6, 6.07) is 19.8. The Balaban J connectivity index is 1.99. The smallest absolute Gasteiger partial charge is 0.300 e. The van der Waals surface area contributed by atoms with Crippen LogP contribution in [0.2, 0.25) is 10.0 Å². The Morgan fingerprint density at radius 1 is 0.900 bits per heavy atom. The van der Waals surface area contributed by atoms with E-state index >= 15 is 0 Å². The number of benzene rings is 3. The van der Waals surface area contributed by atoms with Crippen LogP contribution in [0.5, 0.6) is 0 Å². The Hall–Kier alpha value is -3.08. The van der Waals surface area contributed by atoms with Crippen LogP contribution in [0, 0.1) is 6.92 Å². The lowest BCUT2D eigenvalue weighted by atomic mass is 9.95. The molecule has 1 unspecified atom stereocenters. The zero-order chi connectivity index (χ0) is 21.4. The summed E-state index contributed by atoms with van der Waals surface area (Å²) in [4.78, 5) is 27.5. The third-order valence-corrected chi connectivity index (χ3v) is 5.88. The van der Waals surface area contributed by atoms with E-state index in [0.717, 1.165) is 5.56 Å². The van der Waals surface area contributed by atoms with Crippen LogP contribution in [0.15, 0.2) is 78.4 Å². The van der Waals surface area contributed by atoms with E-state index in [9.17, 15) is 14.7 Å². The molecule has 150 valence electrons. The molecule has 0 saturated carbocycles. The predicted octanol–water partition coefficient (Wildman–Crippen LogP) is 5.93. The standard InChI is InChI=1S/C24H17Cl2NO3/c1-14-11-12-16(13-19(14)26)27-21(17-9-5-6-10-18(17)25)20(23(29)24(27)30)22(28)15-7-3-2-4-8-15/h2-13,21,28H,1H3/b22-20+. The summed E-state index contributed by atoms with van der Waals surface area (Å²) in [6.45, 7) is 1.85. The number of anilines is 1. The van der Waals surface area contributed by atoms with Crippen LogP contribution in [0.4, 0.5) is 5.69 Å². The van der Waals surface area contributed by atoms with E-state index in [1.165, 1.54) is 4.90 Å². The fourth-order valence-corrected chi connectivity index (χ4v) is 3.99. The molecule has 1 aliphatic rings. The Bertz CT molecular complexity index is 1190. The van der Waals surface area contributed by atoms with Gasteiger partial charge in [-0.15, -0.1) is 0 Å². The van der Waals surface area contributed by atoms with Gasteiger partial charge in [0.2, 0.25) is 0 Å². The molecule has 1 amide bonds. The van der Waals surface area contributed by atoms with Crippen molar-refractivity contribution in [3.63, 3.8) is 0 Å². The SMILES string of the molecule is Cc1ccc(N2C(=O)C(=O)/C(=C(/O)c3ccccc3)C2c2ccccc2Cl)cc1Cl. The summed E-state index contributed by atoms with van der Waals surface area (Å²) in [5.41, 5.74) is 2.25. The van der Waals surface area contributed by atoms with Gasteiger partial charge in [0.1, 0.15) is 5.76 Å². The normalized spacial score (nSPS) is 18.1. The number of ketones is 1. The van der Waals surface area contributed by atoms with Crippen molar-refractivity contribution in [3.05, 3.63) is 105 Å². The number of aliphatic hydroxyl groups is 1. The Labute approximate surface area is 184 Å². The number of carbonyl (C=O) groups excluding carboxylic acids is 2. The molecule has 3 aromatic rings. The molecule has 0 aromatic heterocycles. The highest BCUT2D eigenvalue weighted by Crippen LogP contribution is 2.44. The molecule has 0 radical (unpaired) electrons. The first kappa shape index (κ1) is 20.2. The van der Waals surface area contributed by atoms with Gasteiger partial charge >= 0.3 is 0 Å². The van der Waals surface area contributed by atoms with Crippen LogP contribution < -0.4 is 4.90 Å². The van der Waals surface area contributed by atoms with Crippen molar-refractivity contribution in [2.75, 3.05) is 4.90 Å². The van der Waals surface area contributed by atoms with Crippen LogP contribution in [0.25, 0.3) is 5.76 Å². The van der Waals surface area contributed by atoms with Crippen molar-refractivity contribution >= 4 is 46.3 Å². The van der Waals surface area contributed by atoms with E-state index < -0.39 is 17.7 Å². The topological polar surface area (TPSA) is 57.6 Å². The Kier molecular flexibility index (Phi) is 5.37. The molecule has 0 aliphatic carbocycles. The summed E-state index contributed by atoms with van der Waals surface area (Å²) >= 11 is 12.7. The van der Waals surface area contributed by atoms with E-state index in [4.69, 9.17) is 23.2 Å². The van der Waals surface area contributed by atoms with Crippen LogP contribution in [0.3, 0.4) is 0 Å². The molecule has 1 atom stereocenters. The van der Waals surface area contributed by atoms with Gasteiger partial charge in [-0.1, -0.05) is 77.8 Å². The van der Waals surface area contributed by atoms with Crippen molar-refractivity contribution in [3.8, 4) is 0 Å². The van der Waals surface area contributed by atoms with Gasteiger partial charge in [0.15, 0.2) is 0 Å². The van der Waals surface area contributed by atoms with Crippen LogP contribution >= 0.6 is 23.2 Å². The first-order valence-corrected chi connectivity index (χ1v) is 10.0. The molecule has 6 heteroatoms. The van der Waals surface area contributed by atoms with E-state index in [1.807, 2.05) is 6.92 Å². The average molecular weight is 438 g/mol. The number of aliphatic hydroxyl groups excluding tert-OH is 1. The minimum absolute atomic E-state index is 0.0176. The lowest BCUT2D eigenvalue weighted by Gasteiger charge is -2.26. The molecule has 0 spiro atoms. The third-order valence-electron chi connectivity index (χ3n) is 5.13. The maximum Gasteiger partial charge on any atom is 0.300 e. The number of hydrogen-bond donors (Lipinski definition) is 1. The molecule has 30 heavy (non-hydrogen) atoms. The number of hydrogen-bond acceptors (Lipinski definition) is 3. The highest BCUT2D eigenvalue weighted by Gasteiger charge is 2.47. The number of carbonyl (C=O) groups is 2. The average Bonchev–Trinajstić information content (AvgIpc) is 3.01. The lowest BCUT2D eigenvalue weighted by molar-refractivity contribution is -0.132. The second kappa shape index (κ2) is 7.98. The van der Waals surface area contributed by atoms with Crippen molar-refractivity contribution < 1.29 is 14.7 Å². The van der Waals surface area contributed by atoms with Crippen LogP contribution in [0.1, 0.15) is 22.7 Å². The van der Waals surface area contributed by atoms with E-state index in [0.29, 0.717) is 26.9 Å². The highest BCUT2D eigenvalue weighted by molar-refractivity contribution is 6.52. The second-order valence-electron chi connectivity index (χ2n) is 6.99. The molecule has 3 aromatic carbocycles. The maximum absolute atomic E-state index is 13.1. The zero-order valence-corrected chi connectivity index (χ0v) is 17.5. The summed E-state index contributed by atoms with van der Waals surface area (Å²) in [7, 11) is 0. The minimum atomic E-state index is -0.891. The van der Waals surface area contributed by atoms with E-state index in [2.05, 4.69) is 0 Å². The molecular weight excluding hydrogens is 421 g/mol. The number of halogens is 2. The first-order valence-electron chi connectivity index (χ1n) is 9.27. The van der Waals surface area contributed by atoms with Gasteiger partial charge in [-0.3, -0.25) is 14.5 Å². The molecule has 1 saturated heterocycles. The van der Waals surface area contributed by atoms with E-state index in [1.54, 1.807) is 72.8 Å². The second-order valence-corrected chi connectivity index (χ2v) is 7.80.